The summed E-state index contributed by atoms with van der Waals surface area (Å²) < 4.78 is 5.07. The molecule has 0 saturated carbocycles. The predicted octanol–water partition coefficient (Wildman–Crippen LogP) is 2.75. The van der Waals surface area contributed by atoms with Gasteiger partial charge in [-0.2, -0.15) is 5.10 Å². The van der Waals surface area contributed by atoms with Gasteiger partial charge in [0, 0.05) is 29.9 Å². The molecule has 0 bridgehead atoms. The van der Waals surface area contributed by atoms with Crippen LogP contribution < -0.4 is 10.9 Å². The Morgan fingerprint density at radius 1 is 1.15 bits per heavy atom. The van der Waals surface area contributed by atoms with Gasteiger partial charge in [-0.25, -0.2) is 5.10 Å². The second-order valence-electron chi connectivity index (χ2n) is 5.73. The van der Waals surface area contributed by atoms with Crippen LogP contribution in [0.25, 0.3) is 10.8 Å². The van der Waals surface area contributed by atoms with Crippen LogP contribution in [0.5, 0.6) is 0 Å². The van der Waals surface area contributed by atoms with Crippen LogP contribution in [-0.2, 0) is 6.42 Å². The third kappa shape index (κ3) is 3.10. The summed E-state index contributed by atoms with van der Waals surface area (Å²) in [5.74, 6) is -0.179. The number of hydrogen-bond donors (Lipinski definition) is 2. The van der Waals surface area contributed by atoms with Gasteiger partial charge in [-0.1, -0.05) is 12.1 Å². The number of aromatic nitrogens is 3. The van der Waals surface area contributed by atoms with Crippen LogP contribution in [0.4, 0.5) is 5.69 Å². The quantitative estimate of drug-likeness (QED) is 0.592. The maximum absolute atomic E-state index is 12.2. The van der Waals surface area contributed by atoms with E-state index in [1.807, 2.05) is 12.1 Å². The highest BCUT2D eigenvalue weighted by molar-refractivity contribution is 6.03. The molecule has 128 valence electrons. The molecule has 7 nitrogen and oxygen atoms in total. The number of nitrogens with one attached hydrogen (secondary N) is 2. The molecule has 3 aromatic heterocycles. The minimum atomic E-state index is -0.379. The summed E-state index contributed by atoms with van der Waals surface area (Å²) in [7, 11) is 0. The molecular weight excluding hydrogens is 332 g/mol. The Balaban J connectivity index is 1.69. The predicted molar refractivity (Wildman–Crippen MR) is 96.1 cm³/mol. The molecule has 0 aliphatic heterocycles. The lowest BCUT2D eigenvalue weighted by Gasteiger charge is -2.08. The Bertz CT molecular complexity index is 1120. The Hall–Kier alpha value is -3.74. The van der Waals surface area contributed by atoms with Crippen LogP contribution in [0.2, 0.25) is 0 Å². The number of hydrogen-bond acceptors (Lipinski definition) is 5. The van der Waals surface area contributed by atoms with Crippen LogP contribution in [0.1, 0.15) is 21.8 Å². The van der Waals surface area contributed by atoms with Crippen molar-refractivity contribution in [2.24, 2.45) is 0 Å². The average Bonchev–Trinajstić information content (AvgIpc) is 3.20. The number of fused-ring (bicyclic) bond motifs is 1. The number of rotatable bonds is 4. The van der Waals surface area contributed by atoms with E-state index in [-0.39, 0.29) is 17.2 Å². The van der Waals surface area contributed by atoms with Crippen molar-refractivity contribution >= 4 is 22.4 Å². The molecule has 3 heterocycles. The van der Waals surface area contributed by atoms with Gasteiger partial charge in [0.2, 0.25) is 0 Å². The van der Waals surface area contributed by atoms with Gasteiger partial charge < -0.3 is 9.73 Å². The van der Waals surface area contributed by atoms with E-state index in [0.717, 1.165) is 16.6 Å². The Labute approximate surface area is 147 Å². The Kier molecular flexibility index (Phi) is 4.03. The van der Waals surface area contributed by atoms with E-state index in [9.17, 15) is 9.59 Å². The number of amides is 1. The first-order valence-corrected chi connectivity index (χ1v) is 7.96. The summed E-state index contributed by atoms with van der Waals surface area (Å²) in [5, 5.41) is 10.6. The van der Waals surface area contributed by atoms with Crippen LogP contribution in [0, 0.1) is 0 Å². The number of nitrogens with zero attached hydrogens (tertiary/aromatic N) is 2. The lowest BCUT2D eigenvalue weighted by Crippen LogP contribution is -2.14. The zero-order valence-corrected chi connectivity index (χ0v) is 13.6. The molecule has 0 atom stereocenters. The molecular formula is C19H14N4O3. The van der Waals surface area contributed by atoms with Gasteiger partial charge in [-0.3, -0.25) is 14.6 Å². The molecule has 0 aliphatic rings. The van der Waals surface area contributed by atoms with E-state index in [1.54, 1.807) is 42.7 Å². The van der Waals surface area contributed by atoms with E-state index >= 15 is 0 Å². The second kappa shape index (κ2) is 6.64. The van der Waals surface area contributed by atoms with Gasteiger partial charge in [0.05, 0.1) is 17.3 Å². The van der Waals surface area contributed by atoms with Crippen molar-refractivity contribution in [1.29, 1.82) is 0 Å². The first kappa shape index (κ1) is 15.8. The van der Waals surface area contributed by atoms with Crippen molar-refractivity contribution in [3.05, 3.63) is 88.5 Å². The van der Waals surface area contributed by atoms with Crippen molar-refractivity contribution in [3.63, 3.8) is 0 Å². The molecule has 26 heavy (non-hydrogen) atoms. The molecule has 0 aliphatic carbocycles. The van der Waals surface area contributed by atoms with E-state index < -0.39 is 0 Å². The van der Waals surface area contributed by atoms with Crippen molar-refractivity contribution in [1.82, 2.24) is 15.2 Å². The lowest BCUT2D eigenvalue weighted by atomic mass is 10.1. The highest BCUT2D eigenvalue weighted by Gasteiger charge is 2.12. The van der Waals surface area contributed by atoms with Gasteiger partial charge in [0.25, 0.3) is 11.5 Å². The van der Waals surface area contributed by atoms with E-state index in [0.29, 0.717) is 17.5 Å². The summed E-state index contributed by atoms with van der Waals surface area (Å²) in [6.45, 7) is 0. The van der Waals surface area contributed by atoms with E-state index in [1.165, 1.54) is 6.26 Å². The molecule has 0 radical (unpaired) electrons. The van der Waals surface area contributed by atoms with Crippen LogP contribution in [0.15, 0.2) is 70.3 Å². The topological polar surface area (TPSA) is 101 Å². The van der Waals surface area contributed by atoms with Crippen molar-refractivity contribution in [3.8, 4) is 0 Å². The number of aromatic amines is 1. The number of furan rings is 1. The number of carbonyl (C=O) groups excluding carboxylic acids is 1. The molecule has 7 heteroatoms. The number of benzene rings is 1. The summed E-state index contributed by atoms with van der Waals surface area (Å²) in [4.78, 5) is 28.4. The normalized spacial score (nSPS) is 10.8. The van der Waals surface area contributed by atoms with Crippen molar-refractivity contribution in [2.75, 3.05) is 5.32 Å². The van der Waals surface area contributed by atoms with Gasteiger partial charge in [0.15, 0.2) is 5.76 Å². The second-order valence-corrected chi connectivity index (χ2v) is 5.73. The molecule has 1 aromatic carbocycles. The lowest BCUT2D eigenvalue weighted by molar-refractivity contribution is 0.0996. The number of pyridine rings is 1. The maximum atomic E-state index is 12.2. The number of anilines is 1. The SMILES string of the molecule is O=C(Nc1ccc2c(Cc3cccnc3)n[nH]c(=O)c2c1)c1ccco1. The molecule has 0 saturated heterocycles. The van der Waals surface area contributed by atoms with Gasteiger partial charge in [0.1, 0.15) is 0 Å². The van der Waals surface area contributed by atoms with E-state index in [2.05, 4.69) is 20.5 Å². The van der Waals surface area contributed by atoms with Crippen molar-refractivity contribution < 1.29 is 9.21 Å². The maximum Gasteiger partial charge on any atom is 0.291 e. The van der Waals surface area contributed by atoms with Crippen molar-refractivity contribution in [2.45, 2.75) is 6.42 Å². The fourth-order valence-electron chi connectivity index (χ4n) is 2.73. The average molecular weight is 346 g/mol. The largest absolute Gasteiger partial charge is 0.459 e. The monoisotopic (exact) mass is 346 g/mol. The molecule has 0 unspecified atom stereocenters. The highest BCUT2D eigenvalue weighted by atomic mass is 16.3. The fourth-order valence-corrected chi connectivity index (χ4v) is 2.73. The summed E-state index contributed by atoms with van der Waals surface area (Å²) in [6.07, 6.45) is 5.43. The highest BCUT2D eigenvalue weighted by Crippen LogP contribution is 2.20. The zero-order valence-electron chi connectivity index (χ0n) is 13.6. The summed E-state index contributed by atoms with van der Waals surface area (Å²) in [6, 6.07) is 12.1. The first-order valence-electron chi connectivity index (χ1n) is 7.96. The Morgan fingerprint density at radius 2 is 2.08 bits per heavy atom. The zero-order chi connectivity index (χ0) is 17.9. The molecule has 4 rings (SSSR count). The van der Waals surface area contributed by atoms with Gasteiger partial charge in [-0.15, -0.1) is 0 Å². The third-order valence-electron chi connectivity index (χ3n) is 3.96. The first-order chi connectivity index (χ1) is 12.7. The molecule has 0 fully saturated rings. The third-order valence-corrected chi connectivity index (χ3v) is 3.96. The van der Waals surface area contributed by atoms with Crippen LogP contribution in [-0.4, -0.2) is 21.1 Å². The molecule has 0 spiro atoms. The summed E-state index contributed by atoms with van der Waals surface area (Å²) in [5.41, 5.74) is 1.91. The standard InChI is InChI=1S/C19H14N4O3/c24-18-15-10-13(21-19(25)17-4-2-8-26-17)5-6-14(15)16(22-23-18)9-12-3-1-7-20-11-12/h1-8,10-11H,9H2,(H,21,25)(H,23,24). The van der Waals surface area contributed by atoms with Gasteiger partial charge in [-0.05, 0) is 35.9 Å². The summed E-state index contributed by atoms with van der Waals surface area (Å²) >= 11 is 0. The molecule has 2 N–H and O–H groups in total. The minimum absolute atomic E-state index is 0.200. The molecule has 4 aromatic rings. The minimum Gasteiger partial charge on any atom is -0.459 e. The van der Waals surface area contributed by atoms with E-state index in [4.69, 9.17) is 4.42 Å². The smallest absolute Gasteiger partial charge is 0.291 e. The molecule has 1 amide bonds. The Morgan fingerprint density at radius 3 is 2.85 bits per heavy atom. The van der Waals surface area contributed by atoms with Gasteiger partial charge >= 0.3 is 0 Å². The van der Waals surface area contributed by atoms with Crippen LogP contribution in [0.3, 0.4) is 0 Å². The number of carbonyl (C=O) groups is 1. The number of H-pyrrole nitrogens is 1. The van der Waals surface area contributed by atoms with Crippen LogP contribution >= 0.6 is 0 Å². The fraction of sp³-hybridized carbons (Fsp3) is 0.0526.